The van der Waals surface area contributed by atoms with Crippen molar-refractivity contribution in [2.75, 3.05) is 5.32 Å². The van der Waals surface area contributed by atoms with Crippen LogP contribution >= 0.6 is 11.3 Å². The van der Waals surface area contributed by atoms with Gasteiger partial charge in [0.1, 0.15) is 10.8 Å². The predicted molar refractivity (Wildman–Crippen MR) is 114 cm³/mol. The number of amides is 1. The molecule has 1 aliphatic carbocycles. The Morgan fingerprint density at radius 1 is 1.17 bits per heavy atom. The highest BCUT2D eigenvalue weighted by Gasteiger charge is 2.30. The van der Waals surface area contributed by atoms with E-state index in [-0.39, 0.29) is 18.1 Å². The van der Waals surface area contributed by atoms with Crippen molar-refractivity contribution in [3.05, 3.63) is 81.6 Å². The Bertz CT molecular complexity index is 982. The maximum atomic E-state index is 14.0. The number of anilines is 1. The monoisotopic (exact) mass is 409 g/mol. The van der Waals surface area contributed by atoms with E-state index in [0.29, 0.717) is 24.7 Å². The summed E-state index contributed by atoms with van der Waals surface area (Å²) in [4.78, 5) is 19.2. The molecule has 1 aliphatic rings. The van der Waals surface area contributed by atoms with Gasteiger partial charge in [-0.1, -0.05) is 35.9 Å². The lowest BCUT2D eigenvalue weighted by Gasteiger charge is -2.21. The van der Waals surface area contributed by atoms with Crippen LogP contribution in [0.4, 0.5) is 10.1 Å². The Balaban J connectivity index is 1.35. The van der Waals surface area contributed by atoms with E-state index in [1.54, 1.807) is 6.07 Å². The lowest BCUT2D eigenvalue weighted by molar-refractivity contribution is -0.115. The van der Waals surface area contributed by atoms with Gasteiger partial charge in [0.05, 0.1) is 12.1 Å². The molecule has 1 N–H and O–H groups in total. The number of benzene rings is 2. The summed E-state index contributed by atoms with van der Waals surface area (Å²) in [5.41, 5.74) is 3.61. The number of hydrogen-bond donors (Lipinski definition) is 1. The molecule has 150 valence electrons. The van der Waals surface area contributed by atoms with Crippen LogP contribution in [0.2, 0.25) is 0 Å². The summed E-state index contributed by atoms with van der Waals surface area (Å²) >= 11 is 1.50. The number of nitrogens with zero attached hydrogens (tertiary/aromatic N) is 2. The predicted octanol–water partition coefficient (Wildman–Crippen LogP) is 4.94. The number of carbonyl (C=O) groups is 1. The van der Waals surface area contributed by atoms with Crippen LogP contribution in [0, 0.1) is 12.7 Å². The molecular formula is C23H24FN3OS. The van der Waals surface area contributed by atoms with Crippen molar-refractivity contribution in [1.29, 1.82) is 0 Å². The molecule has 4 nitrogen and oxygen atoms in total. The smallest absolute Gasteiger partial charge is 0.231 e. The van der Waals surface area contributed by atoms with Crippen molar-refractivity contribution >= 4 is 22.9 Å². The Hall–Kier alpha value is -2.57. The Labute approximate surface area is 174 Å². The highest BCUT2D eigenvalue weighted by atomic mass is 32.1. The third-order valence-corrected chi connectivity index (χ3v) is 5.90. The zero-order chi connectivity index (χ0) is 20.2. The van der Waals surface area contributed by atoms with Crippen molar-refractivity contribution in [3.8, 4) is 0 Å². The Kier molecular flexibility index (Phi) is 6.02. The first-order valence-corrected chi connectivity index (χ1v) is 10.7. The highest BCUT2D eigenvalue weighted by molar-refractivity contribution is 7.09. The molecule has 3 aromatic rings. The molecule has 1 fully saturated rings. The fraction of sp³-hybridized carbons (Fsp3) is 0.304. The van der Waals surface area contributed by atoms with Gasteiger partial charge in [0.25, 0.3) is 0 Å². The van der Waals surface area contributed by atoms with Gasteiger partial charge in [0.15, 0.2) is 0 Å². The van der Waals surface area contributed by atoms with Gasteiger partial charge < -0.3 is 5.32 Å². The summed E-state index contributed by atoms with van der Waals surface area (Å²) < 4.78 is 14.0. The van der Waals surface area contributed by atoms with Gasteiger partial charge in [0, 0.05) is 35.8 Å². The van der Waals surface area contributed by atoms with E-state index < -0.39 is 0 Å². The van der Waals surface area contributed by atoms with E-state index in [1.807, 2.05) is 48.7 Å². The second-order valence-corrected chi connectivity index (χ2v) is 8.49. The van der Waals surface area contributed by atoms with Crippen molar-refractivity contribution < 1.29 is 9.18 Å². The molecule has 0 aliphatic heterocycles. The van der Waals surface area contributed by atoms with Crippen LogP contribution < -0.4 is 5.32 Å². The summed E-state index contributed by atoms with van der Waals surface area (Å²) in [5, 5.41) is 5.71. The Morgan fingerprint density at radius 2 is 1.93 bits per heavy atom. The number of nitrogens with one attached hydrogen (secondary N) is 1. The fourth-order valence-corrected chi connectivity index (χ4v) is 4.07. The molecule has 1 aromatic heterocycles. The summed E-state index contributed by atoms with van der Waals surface area (Å²) in [7, 11) is 0. The SMILES string of the molecule is Cc1ccc(NC(=O)Cc2nc(CN(Cc3ccccc3F)C3CC3)cs2)cc1. The van der Waals surface area contributed by atoms with Gasteiger partial charge >= 0.3 is 0 Å². The van der Waals surface area contributed by atoms with Gasteiger partial charge in [-0.25, -0.2) is 9.37 Å². The zero-order valence-corrected chi connectivity index (χ0v) is 17.2. The van der Waals surface area contributed by atoms with Gasteiger partial charge in [-0.15, -0.1) is 11.3 Å². The maximum absolute atomic E-state index is 14.0. The average molecular weight is 410 g/mol. The topological polar surface area (TPSA) is 45.2 Å². The maximum Gasteiger partial charge on any atom is 0.231 e. The molecule has 4 rings (SSSR count). The molecule has 2 aromatic carbocycles. The number of halogens is 1. The van der Waals surface area contributed by atoms with E-state index in [0.717, 1.165) is 34.8 Å². The highest BCUT2D eigenvalue weighted by Crippen LogP contribution is 2.30. The van der Waals surface area contributed by atoms with Gasteiger partial charge in [-0.05, 0) is 38.0 Å². The molecule has 0 saturated heterocycles. The van der Waals surface area contributed by atoms with Crippen LogP contribution in [0.5, 0.6) is 0 Å². The molecule has 0 radical (unpaired) electrons. The van der Waals surface area contributed by atoms with Gasteiger partial charge in [-0.3, -0.25) is 9.69 Å². The molecule has 0 bridgehead atoms. The average Bonchev–Trinajstić information content (AvgIpc) is 3.46. The summed E-state index contributed by atoms with van der Waals surface area (Å²) in [6, 6.07) is 15.2. The summed E-state index contributed by atoms with van der Waals surface area (Å²) in [6.07, 6.45) is 2.55. The summed E-state index contributed by atoms with van der Waals surface area (Å²) in [6.45, 7) is 3.27. The van der Waals surface area contributed by atoms with E-state index in [2.05, 4.69) is 15.2 Å². The number of aromatic nitrogens is 1. The molecule has 0 spiro atoms. The number of carbonyl (C=O) groups excluding carboxylic acids is 1. The zero-order valence-electron chi connectivity index (χ0n) is 16.4. The first-order valence-electron chi connectivity index (χ1n) is 9.84. The van der Waals surface area contributed by atoms with Crippen LogP contribution in [0.3, 0.4) is 0 Å². The van der Waals surface area contributed by atoms with Crippen molar-refractivity contribution in [3.63, 3.8) is 0 Å². The second-order valence-electron chi connectivity index (χ2n) is 7.55. The number of hydrogen-bond acceptors (Lipinski definition) is 4. The second kappa shape index (κ2) is 8.84. The third kappa shape index (κ3) is 5.49. The van der Waals surface area contributed by atoms with Crippen molar-refractivity contribution in [1.82, 2.24) is 9.88 Å². The van der Waals surface area contributed by atoms with E-state index >= 15 is 0 Å². The van der Waals surface area contributed by atoms with Gasteiger partial charge in [-0.2, -0.15) is 0 Å². The number of thiazole rings is 1. The molecule has 6 heteroatoms. The first-order chi connectivity index (χ1) is 14.1. The normalized spacial score (nSPS) is 13.6. The van der Waals surface area contributed by atoms with Crippen molar-refractivity contribution in [2.45, 2.75) is 45.3 Å². The van der Waals surface area contributed by atoms with Crippen LogP contribution in [-0.4, -0.2) is 21.8 Å². The first kappa shape index (κ1) is 19.7. The minimum absolute atomic E-state index is 0.0693. The molecular weight excluding hydrogens is 385 g/mol. The molecule has 29 heavy (non-hydrogen) atoms. The fourth-order valence-electron chi connectivity index (χ4n) is 3.29. The lowest BCUT2D eigenvalue weighted by atomic mass is 10.2. The van der Waals surface area contributed by atoms with Crippen LogP contribution in [0.25, 0.3) is 0 Å². The standard InChI is InChI=1S/C23H24FN3OS/c1-16-6-8-18(9-7-16)25-22(28)12-23-26-19(15-29-23)14-27(20-10-11-20)13-17-4-2-3-5-21(17)24/h2-9,15,20H,10-14H2,1H3,(H,25,28). The number of aryl methyl sites for hydroxylation is 1. The van der Waals surface area contributed by atoms with E-state index in [4.69, 9.17) is 0 Å². The minimum Gasteiger partial charge on any atom is -0.326 e. The molecule has 1 amide bonds. The minimum atomic E-state index is -0.162. The van der Waals surface area contributed by atoms with Crippen LogP contribution in [-0.2, 0) is 24.3 Å². The van der Waals surface area contributed by atoms with Crippen molar-refractivity contribution in [2.24, 2.45) is 0 Å². The molecule has 1 heterocycles. The molecule has 1 saturated carbocycles. The molecule has 0 unspecified atom stereocenters. The Morgan fingerprint density at radius 3 is 2.66 bits per heavy atom. The number of rotatable bonds is 8. The largest absolute Gasteiger partial charge is 0.326 e. The van der Waals surface area contributed by atoms with Gasteiger partial charge in [0.2, 0.25) is 5.91 Å². The van der Waals surface area contributed by atoms with E-state index in [1.165, 1.54) is 17.4 Å². The quantitative estimate of drug-likeness (QED) is 0.573. The third-order valence-electron chi connectivity index (χ3n) is 5.01. The lowest BCUT2D eigenvalue weighted by Crippen LogP contribution is -2.25. The molecule has 0 atom stereocenters. The van der Waals surface area contributed by atoms with Crippen LogP contribution in [0.15, 0.2) is 53.9 Å². The van der Waals surface area contributed by atoms with E-state index in [9.17, 15) is 9.18 Å². The van der Waals surface area contributed by atoms with Crippen LogP contribution in [0.1, 0.15) is 34.7 Å². The summed E-state index contributed by atoms with van der Waals surface area (Å²) in [5.74, 6) is -0.231.